The van der Waals surface area contributed by atoms with Crippen LogP contribution in [0.4, 0.5) is 17.2 Å². The van der Waals surface area contributed by atoms with Gasteiger partial charge in [-0.25, -0.2) is 9.97 Å². The molecule has 0 bridgehead atoms. The number of benzene rings is 3. The number of hydrogen-bond acceptors (Lipinski definition) is 7. The Morgan fingerprint density at radius 3 is 2.66 bits per heavy atom. The Bertz CT molecular complexity index is 1280. The van der Waals surface area contributed by atoms with Crippen molar-refractivity contribution < 1.29 is 4.55 Å². The number of aromatic nitrogens is 2. The monoisotopic (exact) mass is 487 g/mol. The quantitative estimate of drug-likeness (QED) is 0.137. The summed E-state index contributed by atoms with van der Waals surface area (Å²) in [6, 6.07) is 22.5. The molecule has 4 N–H and O–H groups in total. The van der Waals surface area contributed by atoms with Crippen LogP contribution in [0, 0.1) is 0 Å². The zero-order chi connectivity index (χ0) is 24.5. The number of hydrogen-bond donors (Lipinski definition) is 4. The molecule has 3 aromatic carbocycles. The van der Waals surface area contributed by atoms with Crippen molar-refractivity contribution in [1.82, 2.24) is 15.3 Å². The van der Waals surface area contributed by atoms with Crippen LogP contribution in [0.1, 0.15) is 16.7 Å². The van der Waals surface area contributed by atoms with Crippen LogP contribution in [-0.4, -0.2) is 46.3 Å². The summed E-state index contributed by atoms with van der Waals surface area (Å²) in [5.41, 5.74) is 6.12. The minimum Gasteiger partial charge on any atom is -0.388 e. The van der Waals surface area contributed by atoms with E-state index in [4.69, 9.17) is 0 Å². The molecule has 0 amide bonds. The molecule has 1 aromatic heterocycles. The smallest absolute Gasteiger partial charge is 0.153 e. The van der Waals surface area contributed by atoms with Gasteiger partial charge in [-0.05, 0) is 41.5 Å². The summed E-state index contributed by atoms with van der Waals surface area (Å²) >= 11 is -0.545. The van der Waals surface area contributed by atoms with E-state index in [1.165, 1.54) is 5.56 Å². The minimum atomic E-state index is -0.545. The van der Waals surface area contributed by atoms with Crippen molar-refractivity contribution in [2.24, 2.45) is 4.99 Å². The molecular formula is C27H31N6OS+. The molecular weight excluding hydrogens is 456 g/mol. The second kappa shape index (κ2) is 12.3. The van der Waals surface area contributed by atoms with Gasteiger partial charge in [0.25, 0.3) is 0 Å². The van der Waals surface area contributed by atoms with E-state index in [0.717, 1.165) is 58.1 Å². The average Bonchev–Trinajstić information content (AvgIpc) is 2.88. The van der Waals surface area contributed by atoms with Crippen LogP contribution in [0.15, 0.2) is 78.0 Å². The molecule has 0 aliphatic carbocycles. The zero-order valence-electron chi connectivity index (χ0n) is 20.0. The molecule has 7 nitrogen and oxygen atoms in total. The third kappa shape index (κ3) is 7.02. The van der Waals surface area contributed by atoms with Crippen LogP contribution < -0.4 is 16.0 Å². The Morgan fingerprint density at radius 1 is 1.00 bits per heavy atom. The lowest BCUT2D eigenvalue weighted by atomic mass is 10.1. The van der Waals surface area contributed by atoms with Gasteiger partial charge < -0.3 is 16.0 Å². The third-order valence-corrected chi connectivity index (χ3v) is 6.33. The summed E-state index contributed by atoms with van der Waals surface area (Å²) in [5, 5.41) is 11.0. The standard InChI is InChI=1S/C27H31N6OS/c1-28-25-11-9-23(15-22(25)18-30-16-20-6-4-3-5-7-20)33-27-24-14-21(17-29-12-13-35(2)34)8-10-26(24)31-19-32-27/h3-11,14-15,18-19,28-29,34H,12-13,16-17H2,1-2H3,(H,31,32,33)/q+1. The summed E-state index contributed by atoms with van der Waals surface area (Å²) in [7, 11) is 1.91. The molecule has 1 atom stereocenters. The number of aliphatic imine (C=N–C) groups is 1. The van der Waals surface area contributed by atoms with Crippen molar-refractivity contribution in [2.45, 2.75) is 13.1 Å². The van der Waals surface area contributed by atoms with Gasteiger partial charge in [-0.2, -0.15) is 4.55 Å². The number of nitrogens with zero attached hydrogens (tertiary/aromatic N) is 3. The summed E-state index contributed by atoms with van der Waals surface area (Å²) in [6.45, 7) is 2.13. The molecule has 0 saturated heterocycles. The fourth-order valence-corrected chi connectivity index (χ4v) is 4.15. The Morgan fingerprint density at radius 2 is 1.86 bits per heavy atom. The molecule has 4 rings (SSSR count). The first kappa shape index (κ1) is 24.7. The normalized spacial score (nSPS) is 12.2. The first-order valence-corrected chi connectivity index (χ1v) is 13.3. The highest BCUT2D eigenvalue weighted by Crippen LogP contribution is 2.26. The van der Waals surface area contributed by atoms with Gasteiger partial charge in [0.05, 0.1) is 12.1 Å². The van der Waals surface area contributed by atoms with Crippen molar-refractivity contribution in [3.63, 3.8) is 0 Å². The molecule has 35 heavy (non-hydrogen) atoms. The topological polar surface area (TPSA) is 94.5 Å². The molecule has 0 radical (unpaired) electrons. The molecule has 4 aromatic rings. The predicted molar refractivity (Wildman–Crippen MR) is 149 cm³/mol. The van der Waals surface area contributed by atoms with Crippen molar-refractivity contribution in [2.75, 3.05) is 36.2 Å². The van der Waals surface area contributed by atoms with Gasteiger partial charge in [-0.3, -0.25) is 4.99 Å². The second-order valence-electron chi connectivity index (χ2n) is 8.19. The number of fused-ring (bicyclic) bond motifs is 1. The highest BCUT2D eigenvalue weighted by molar-refractivity contribution is 7.90. The van der Waals surface area contributed by atoms with Gasteiger partial charge in [-0.1, -0.05) is 36.4 Å². The Hall–Kier alpha value is -3.46. The molecule has 8 heteroatoms. The Balaban J connectivity index is 1.52. The number of nitrogens with one attached hydrogen (secondary N) is 3. The summed E-state index contributed by atoms with van der Waals surface area (Å²) < 4.78 is 9.47. The van der Waals surface area contributed by atoms with Crippen LogP contribution in [-0.2, 0) is 24.3 Å². The van der Waals surface area contributed by atoms with Gasteiger partial charge in [0.1, 0.15) is 29.6 Å². The maximum absolute atomic E-state index is 9.47. The fraction of sp³-hybridized carbons (Fsp3) is 0.222. The van der Waals surface area contributed by atoms with E-state index in [0.29, 0.717) is 6.54 Å². The number of rotatable bonds is 11. The average molecular weight is 488 g/mol. The Kier molecular flexibility index (Phi) is 8.67. The minimum absolute atomic E-state index is 0.545. The highest BCUT2D eigenvalue weighted by atomic mass is 32.2. The maximum Gasteiger partial charge on any atom is 0.153 e. The van der Waals surface area contributed by atoms with E-state index in [9.17, 15) is 4.55 Å². The van der Waals surface area contributed by atoms with E-state index in [1.807, 2.05) is 55.9 Å². The van der Waals surface area contributed by atoms with Gasteiger partial charge in [0, 0.05) is 48.7 Å². The zero-order valence-corrected chi connectivity index (χ0v) is 20.8. The summed E-state index contributed by atoms with van der Waals surface area (Å²) in [6.07, 6.45) is 5.31. The lowest BCUT2D eigenvalue weighted by Gasteiger charge is -2.12. The fourth-order valence-electron chi connectivity index (χ4n) is 3.71. The lowest BCUT2D eigenvalue weighted by Crippen LogP contribution is -2.21. The highest BCUT2D eigenvalue weighted by Gasteiger charge is 2.09. The largest absolute Gasteiger partial charge is 0.388 e. The first-order chi connectivity index (χ1) is 17.1. The van der Waals surface area contributed by atoms with Crippen LogP contribution in [0.25, 0.3) is 10.9 Å². The molecule has 0 aliphatic heterocycles. The van der Waals surface area contributed by atoms with E-state index in [-0.39, 0.29) is 0 Å². The van der Waals surface area contributed by atoms with Crippen molar-refractivity contribution >= 4 is 45.5 Å². The summed E-state index contributed by atoms with van der Waals surface area (Å²) in [5.74, 6) is 1.51. The van der Waals surface area contributed by atoms with Crippen LogP contribution >= 0.6 is 0 Å². The van der Waals surface area contributed by atoms with Gasteiger partial charge in [0.15, 0.2) is 5.75 Å². The van der Waals surface area contributed by atoms with Crippen molar-refractivity contribution in [3.05, 3.63) is 89.7 Å². The molecule has 0 spiro atoms. The maximum atomic E-state index is 9.47. The lowest BCUT2D eigenvalue weighted by molar-refractivity contribution is 0.635. The molecule has 1 unspecified atom stereocenters. The molecule has 180 valence electrons. The Labute approximate surface area is 209 Å². The predicted octanol–water partition coefficient (Wildman–Crippen LogP) is 4.84. The second-order valence-corrected chi connectivity index (χ2v) is 9.80. The van der Waals surface area contributed by atoms with Gasteiger partial charge >= 0.3 is 0 Å². The summed E-state index contributed by atoms with van der Waals surface area (Å²) in [4.78, 5) is 13.6. The third-order valence-electron chi connectivity index (χ3n) is 5.53. The number of anilines is 3. The van der Waals surface area contributed by atoms with E-state index in [1.54, 1.807) is 6.33 Å². The van der Waals surface area contributed by atoms with Crippen LogP contribution in [0.5, 0.6) is 0 Å². The van der Waals surface area contributed by atoms with Crippen LogP contribution in [0.3, 0.4) is 0 Å². The SMILES string of the molecule is CNc1ccc(Nc2ncnc3ccc(CNCC[S+](C)O)cc23)cc1C=NCc1ccccc1. The molecule has 1 heterocycles. The van der Waals surface area contributed by atoms with Crippen LogP contribution in [0.2, 0.25) is 0 Å². The van der Waals surface area contributed by atoms with E-state index >= 15 is 0 Å². The van der Waals surface area contributed by atoms with Gasteiger partial charge in [0.2, 0.25) is 0 Å². The van der Waals surface area contributed by atoms with E-state index < -0.39 is 11.2 Å². The van der Waals surface area contributed by atoms with Crippen molar-refractivity contribution in [3.8, 4) is 0 Å². The molecule has 0 aliphatic rings. The first-order valence-electron chi connectivity index (χ1n) is 11.5. The molecule has 0 saturated carbocycles. The van der Waals surface area contributed by atoms with Gasteiger partial charge in [-0.15, -0.1) is 0 Å². The molecule has 0 fully saturated rings. The van der Waals surface area contributed by atoms with E-state index in [2.05, 4.69) is 61.2 Å². The van der Waals surface area contributed by atoms with Crippen molar-refractivity contribution in [1.29, 1.82) is 0 Å².